The number of rotatable bonds is 9. The van der Waals surface area contributed by atoms with Crippen LogP contribution in [0.4, 0.5) is 15.8 Å². The molecule has 0 aliphatic heterocycles. The van der Waals surface area contributed by atoms with Gasteiger partial charge in [0.05, 0.1) is 16.0 Å². The van der Waals surface area contributed by atoms with Gasteiger partial charge in [-0.15, -0.1) is 0 Å². The molecule has 0 fully saturated rings. The van der Waals surface area contributed by atoms with Crippen molar-refractivity contribution in [2.45, 2.75) is 20.1 Å². The average Bonchev–Trinajstić information content (AvgIpc) is 2.73. The summed E-state index contributed by atoms with van der Waals surface area (Å²) >= 11 is 3.53. The maximum absolute atomic E-state index is 13.1. The van der Waals surface area contributed by atoms with Crippen molar-refractivity contribution in [1.82, 2.24) is 0 Å². The van der Waals surface area contributed by atoms with Crippen LogP contribution in [0.25, 0.3) is 0 Å². The molecule has 0 aliphatic carbocycles. The first-order valence-corrected chi connectivity index (χ1v) is 10.1. The predicted molar refractivity (Wildman–Crippen MR) is 116 cm³/mol. The van der Waals surface area contributed by atoms with Crippen LogP contribution in [0.15, 0.2) is 65.1 Å². The van der Waals surface area contributed by atoms with Crippen molar-refractivity contribution in [3.63, 3.8) is 0 Å². The van der Waals surface area contributed by atoms with E-state index in [4.69, 9.17) is 9.47 Å². The Morgan fingerprint density at radius 2 is 1.83 bits per heavy atom. The molecule has 8 heteroatoms. The van der Waals surface area contributed by atoms with Gasteiger partial charge in [-0.25, -0.2) is 4.39 Å². The van der Waals surface area contributed by atoms with Gasteiger partial charge in [0.1, 0.15) is 12.4 Å². The van der Waals surface area contributed by atoms with E-state index in [-0.39, 0.29) is 18.1 Å². The van der Waals surface area contributed by atoms with Gasteiger partial charge in [0.2, 0.25) is 0 Å². The fourth-order valence-corrected chi connectivity index (χ4v) is 3.40. The third-order valence-electron chi connectivity index (χ3n) is 4.22. The number of non-ortho nitro benzene ring substituents is 1. The zero-order chi connectivity index (χ0) is 21.5. The van der Waals surface area contributed by atoms with Gasteiger partial charge in [-0.2, -0.15) is 0 Å². The smallest absolute Gasteiger partial charge is 0.271 e. The Morgan fingerprint density at radius 3 is 2.53 bits per heavy atom. The molecule has 0 heterocycles. The Kier molecular flexibility index (Phi) is 7.24. The van der Waals surface area contributed by atoms with Gasteiger partial charge in [-0.05, 0) is 64.3 Å². The van der Waals surface area contributed by atoms with E-state index in [0.29, 0.717) is 34.8 Å². The highest BCUT2D eigenvalue weighted by atomic mass is 79.9. The third-order valence-corrected chi connectivity index (χ3v) is 4.81. The second-order valence-corrected chi connectivity index (χ2v) is 7.27. The number of halogens is 2. The van der Waals surface area contributed by atoms with Crippen LogP contribution in [-0.4, -0.2) is 11.5 Å². The number of nitro groups is 1. The Hall–Kier alpha value is -3.13. The molecule has 0 aliphatic rings. The van der Waals surface area contributed by atoms with E-state index in [1.165, 1.54) is 24.3 Å². The van der Waals surface area contributed by atoms with Gasteiger partial charge in [0, 0.05) is 24.4 Å². The number of nitro benzene ring substituents is 1. The van der Waals surface area contributed by atoms with E-state index in [2.05, 4.69) is 21.2 Å². The van der Waals surface area contributed by atoms with Crippen molar-refractivity contribution in [2.75, 3.05) is 11.9 Å². The number of hydrogen-bond acceptors (Lipinski definition) is 5. The first-order chi connectivity index (χ1) is 14.5. The number of nitrogens with zero attached hydrogens (tertiary/aromatic N) is 1. The van der Waals surface area contributed by atoms with E-state index in [9.17, 15) is 14.5 Å². The zero-order valence-electron chi connectivity index (χ0n) is 16.2. The van der Waals surface area contributed by atoms with Crippen LogP contribution in [0.5, 0.6) is 11.5 Å². The highest BCUT2D eigenvalue weighted by molar-refractivity contribution is 9.10. The molecule has 3 aromatic rings. The molecule has 0 atom stereocenters. The molecule has 3 aromatic carbocycles. The summed E-state index contributed by atoms with van der Waals surface area (Å²) in [5.41, 5.74) is 2.42. The highest BCUT2D eigenvalue weighted by Crippen LogP contribution is 2.37. The second kappa shape index (κ2) is 10.1. The number of ether oxygens (including phenoxy) is 2. The summed E-state index contributed by atoms with van der Waals surface area (Å²) in [6.07, 6.45) is 0. The molecule has 0 saturated carbocycles. The Balaban J connectivity index is 1.74. The van der Waals surface area contributed by atoms with Gasteiger partial charge in [-0.3, -0.25) is 10.1 Å². The van der Waals surface area contributed by atoms with Crippen molar-refractivity contribution < 1.29 is 18.8 Å². The lowest BCUT2D eigenvalue weighted by Gasteiger charge is -2.16. The first kappa shape index (κ1) is 21.6. The van der Waals surface area contributed by atoms with Crippen LogP contribution in [0.2, 0.25) is 0 Å². The SMILES string of the molecule is CCOc1cc(CNc2cccc([N+](=O)[O-])c2)cc(Br)c1OCc1ccc(F)cc1. The number of hydrogen-bond donors (Lipinski definition) is 1. The van der Waals surface area contributed by atoms with Crippen LogP contribution < -0.4 is 14.8 Å². The van der Waals surface area contributed by atoms with Crippen LogP contribution in [-0.2, 0) is 13.2 Å². The normalized spacial score (nSPS) is 10.5. The third kappa shape index (κ3) is 5.70. The maximum Gasteiger partial charge on any atom is 0.271 e. The van der Waals surface area contributed by atoms with Crippen molar-refractivity contribution in [3.8, 4) is 11.5 Å². The summed E-state index contributed by atoms with van der Waals surface area (Å²) in [6.45, 7) is 3.05. The summed E-state index contributed by atoms with van der Waals surface area (Å²) in [7, 11) is 0. The molecule has 0 unspecified atom stereocenters. The first-order valence-electron chi connectivity index (χ1n) is 9.27. The zero-order valence-corrected chi connectivity index (χ0v) is 17.8. The maximum atomic E-state index is 13.1. The van der Waals surface area contributed by atoms with E-state index in [1.807, 2.05) is 19.1 Å². The number of anilines is 1. The molecular weight excluding hydrogens is 455 g/mol. The van der Waals surface area contributed by atoms with Crippen LogP contribution in [0, 0.1) is 15.9 Å². The van der Waals surface area contributed by atoms with Crippen LogP contribution in [0.3, 0.4) is 0 Å². The van der Waals surface area contributed by atoms with Crippen molar-refractivity contribution in [2.24, 2.45) is 0 Å². The largest absolute Gasteiger partial charge is 0.490 e. The fourth-order valence-electron chi connectivity index (χ4n) is 2.80. The van der Waals surface area contributed by atoms with Crippen molar-refractivity contribution in [3.05, 3.63) is 92.2 Å². The summed E-state index contributed by atoms with van der Waals surface area (Å²) in [5, 5.41) is 14.1. The van der Waals surface area contributed by atoms with Crippen LogP contribution >= 0.6 is 15.9 Å². The predicted octanol–water partition coefficient (Wildman–Crippen LogP) is 6.09. The molecule has 3 rings (SSSR count). The Labute approximate surface area is 181 Å². The van der Waals surface area contributed by atoms with Crippen LogP contribution in [0.1, 0.15) is 18.1 Å². The van der Waals surface area contributed by atoms with E-state index in [0.717, 1.165) is 11.1 Å². The molecule has 0 spiro atoms. The second-order valence-electron chi connectivity index (χ2n) is 6.41. The van der Waals surface area contributed by atoms with Crippen molar-refractivity contribution >= 4 is 27.3 Å². The van der Waals surface area contributed by atoms with E-state index in [1.54, 1.807) is 24.3 Å². The fraction of sp³-hybridized carbons (Fsp3) is 0.182. The quantitative estimate of drug-likeness (QED) is 0.300. The summed E-state index contributed by atoms with van der Waals surface area (Å²) in [4.78, 5) is 10.5. The highest BCUT2D eigenvalue weighted by Gasteiger charge is 2.13. The minimum atomic E-state index is -0.428. The topological polar surface area (TPSA) is 73.6 Å². The van der Waals surface area contributed by atoms with Gasteiger partial charge in [0.25, 0.3) is 5.69 Å². The molecule has 30 heavy (non-hydrogen) atoms. The molecular formula is C22H20BrFN2O4. The summed E-state index contributed by atoms with van der Waals surface area (Å²) < 4.78 is 25.4. The van der Waals surface area contributed by atoms with Gasteiger partial charge in [0.15, 0.2) is 11.5 Å². The molecule has 6 nitrogen and oxygen atoms in total. The molecule has 0 bridgehead atoms. The van der Waals surface area contributed by atoms with Gasteiger partial charge >= 0.3 is 0 Å². The molecule has 1 N–H and O–H groups in total. The standard InChI is InChI=1S/C22H20BrFN2O4/c1-2-29-21-11-16(13-25-18-4-3-5-19(12-18)26(27)28)10-20(23)22(21)30-14-15-6-8-17(24)9-7-15/h3-12,25H,2,13-14H2,1H3. The summed E-state index contributed by atoms with van der Waals surface area (Å²) in [5.74, 6) is 0.834. The number of nitrogens with one attached hydrogen (secondary N) is 1. The van der Waals surface area contributed by atoms with E-state index >= 15 is 0 Å². The minimum Gasteiger partial charge on any atom is -0.490 e. The van der Waals surface area contributed by atoms with Crippen molar-refractivity contribution in [1.29, 1.82) is 0 Å². The monoisotopic (exact) mass is 474 g/mol. The lowest BCUT2D eigenvalue weighted by Crippen LogP contribution is -2.04. The lowest BCUT2D eigenvalue weighted by molar-refractivity contribution is -0.384. The average molecular weight is 475 g/mol. The van der Waals surface area contributed by atoms with Gasteiger partial charge < -0.3 is 14.8 Å². The number of benzene rings is 3. The minimum absolute atomic E-state index is 0.0285. The Bertz CT molecular complexity index is 1030. The lowest BCUT2D eigenvalue weighted by atomic mass is 10.2. The molecule has 156 valence electrons. The Morgan fingerprint density at radius 1 is 1.07 bits per heavy atom. The molecule has 0 amide bonds. The molecule has 0 saturated heterocycles. The molecule has 0 radical (unpaired) electrons. The summed E-state index contributed by atoms with van der Waals surface area (Å²) in [6, 6.07) is 16.2. The van der Waals surface area contributed by atoms with Gasteiger partial charge in [-0.1, -0.05) is 18.2 Å². The van der Waals surface area contributed by atoms with E-state index < -0.39 is 4.92 Å². The molecule has 0 aromatic heterocycles.